The maximum atomic E-state index is 12.3. The number of benzene rings is 1. The molecule has 0 radical (unpaired) electrons. The highest BCUT2D eigenvalue weighted by molar-refractivity contribution is 5.80. The summed E-state index contributed by atoms with van der Waals surface area (Å²) in [5.74, 6) is -1.09. The molecule has 1 N–H and O–H groups in total. The molecule has 0 spiro atoms. The molecule has 23 heavy (non-hydrogen) atoms. The fourth-order valence-corrected chi connectivity index (χ4v) is 2.28. The zero-order valence-electron chi connectivity index (χ0n) is 12.9. The van der Waals surface area contributed by atoms with Crippen molar-refractivity contribution in [2.75, 3.05) is 6.54 Å². The summed E-state index contributed by atoms with van der Waals surface area (Å²) in [6.45, 7) is 1.03. The minimum atomic E-state index is -0.953. The van der Waals surface area contributed by atoms with Gasteiger partial charge in [0.05, 0.1) is 6.42 Å². The van der Waals surface area contributed by atoms with Gasteiger partial charge < -0.3 is 10.0 Å². The van der Waals surface area contributed by atoms with Crippen molar-refractivity contribution in [2.45, 2.75) is 25.8 Å². The molecule has 5 heteroatoms. The predicted molar refractivity (Wildman–Crippen MR) is 86.7 cm³/mol. The van der Waals surface area contributed by atoms with Crippen LogP contribution in [0.15, 0.2) is 54.9 Å². The third-order valence-corrected chi connectivity index (χ3v) is 3.54. The van der Waals surface area contributed by atoms with Crippen LogP contribution < -0.4 is 0 Å². The number of aliphatic carboxylic acids is 1. The van der Waals surface area contributed by atoms with Gasteiger partial charge in [0.1, 0.15) is 0 Å². The van der Waals surface area contributed by atoms with E-state index >= 15 is 0 Å². The van der Waals surface area contributed by atoms with Gasteiger partial charge in [0.15, 0.2) is 0 Å². The lowest BCUT2D eigenvalue weighted by Crippen LogP contribution is -2.32. The van der Waals surface area contributed by atoms with Gasteiger partial charge >= 0.3 is 5.97 Å². The molecule has 1 aromatic carbocycles. The lowest BCUT2D eigenvalue weighted by Gasteiger charge is -2.23. The molecule has 0 bridgehead atoms. The molecule has 0 aliphatic carbocycles. The molecular formula is C18H20N2O3. The van der Waals surface area contributed by atoms with Crippen molar-refractivity contribution in [3.63, 3.8) is 0 Å². The normalized spacial score (nSPS) is 10.3. The topological polar surface area (TPSA) is 70.5 Å². The van der Waals surface area contributed by atoms with Gasteiger partial charge in [0.25, 0.3) is 0 Å². The summed E-state index contributed by atoms with van der Waals surface area (Å²) in [4.78, 5) is 28.7. The first-order valence-corrected chi connectivity index (χ1v) is 7.57. The van der Waals surface area contributed by atoms with Gasteiger partial charge in [-0.2, -0.15) is 0 Å². The number of hydrogen-bond donors (Lipinski definition) is 1. The third kappa shape index (κ3) is 5.90. The Morgan fingerprint density at radius 2 is 1.65 bits per heavy atom. The number of carbonyl (C=O) groups excluding carboxylic acids is 1. The summed E-state index contributed by atoms with van der Waals surface area (Å²) in [5, 5.41) is 8.76. The molecule has 0 unspecified atom stereocenters. The fourth-order valence-electron chi connectivity index (χ4n) is 2.28. The van der Waals surface area contributed by atoms with Crippen LogP contribution in [0, 0.1) is 0 Å². The van der Waals surface area contributed by atoms with E-state index in [1.54, 1.807) is 17.3 Å². The highest BCUT2D eigenvalue weighted by Gasteiger charge is 2.15. The largest absolute Gasteiger partial charge is 0.481 e. The second-order valence-corrected chi connectivity index (χ2v) is 5.30. The Balaban J connectivity index is 2.01. The number of carboxylic acid groups (broad SMARTS) is 1. The average molecular weight is 312 g/mol. The third-order valence-electron chi connectivity index (χ3n) is 3.54. The SMILES string of the molecule is O=C(O)CCC(=O)N(CCc1ccccc1)Cc1ccncc1. The molecule has 2 rings (SSSR count). The lowest BCUT2D eigenvalue weighted by molar-refractivity contribution is -0.141. The Morgan fingerprint density at radius 3 is 2.30 bits per heavy atom. The van der Waals surface area contributed by atoms with E-state index < -0.39 is 5.97 Å². The predicted octanol–water partition coefficient (Wildman–Crippen LogP) is 2.52. The standard InChI is InChI=1S/C18H20N2O3/c21-17(6-7-18(22)23)20(14-16-8-11-19-12-9-16)13-10-15-4-2-1-3-5-15/h1-5,8-9,11-12H,6-7,10,13-14H2,(H,22,23). The minimum absolute atomic E-state index is 0.0230. The molecule has 1 heterocycles. The Hall–Kier alpha value is -2.69. The van der Waals surface area contributed by atoms with E-state index in [2.05, 4.69) is 4.98 Å². The molecule has 5 nitrogen and oxygen atoms in total. The number of pyridine rings is 1. The minimum Gasteiger partial charge on any atom is -0.481 e. The van der Waals surface area contributed by atoms with Crippen molar-refractivity contribution in [1.82, 2.24) is 9.88 Å². The summed E-state index contributed by atoms with van der Waals surface area (Å²) >= 11 is 0. The Morgan fingerprint density at radius 1 is 0.957 bits per heavy atom. The molecule has 0 fully saturated rings. The Kier molecular flexibility index (Phi) is 6.29. The monoisotopic (exact) mass is 312 g/mol. The molecule has 0 saturated carbocycles. The summed E-state index contributed by atoms with van der Waals surface area (Å²) in [5.41, 5.74) is 2.13. The summed E-state index contributed by atoms with van der Waals surface area (Å²) < 4.78 is 0. The van der Waals surface area contributed by atoms with Crippen molar-refractivity contribution in [2.24, 2.45) is 0 Å². The van der Waals surface area contributed by atoms with Gasteiger partial charge in [0.2, 0.25) is 5.91 Å². The van der Waals surface area contributed by atoms with Crippen LogP contribution in [-0.4, -0.2) is 33.4 Å². The van der Waals surface area contributed by atoms with Crippen molar-refractivity contribution in [1.29, 1.82) is 0 Å². The summed E-state index contributed by atoms with van der Waals surface area (Å²) in [6, 6.07) is 13.7. The second kappa shape index (κ2) is 8.68. The van der Waals surface area contributed by atoms with Crippen molar-refractivity contribution < 1.29 is 14.7 Å². The van der Waals surface area contributed by atoms with Crippen LogP contribution in [0.2, 0.25) is 0 Å². The van der Waals surface area contributed by atoms with E-state index in [0.29, 0.717) is 13.1 Å². The zero-order chi connectivity index (χ0) is 16.5. The van der Waals surface area contributed by atoms with E-state index in [1.165, 1.54) is 0 Å². The lowest BCUT2D eigenvalue weighted by atomic mass is 10.1. The van der Waals surface area contributed by atoms with E-state index in [4.69, 9.17) is 5.11 Å². The van der Waals surface area contributed by atoms with E-state index in [0.717, 1.165) is 17.5 Å². The highest BCUT2D eigenvalue weighted by Crippen LogP contribution is 2.09. The van der Waals surface area contributed by atoms with Gasteiger partial charge in [0, 0.05) is 31.9 Å². The van der Waals surface area contributed by atoms with E-state index in [-0.39, 0.29) is 18.7 Å². The van der Waals surface area contributed by atoms with Crippen LogP contribution in [0.25, 0.3) is 0 Å². The number of carbonyl (C=O) groups is 2. The highest BCUT2D eigenvalue weighted by atomic mass is 16.4. The van der Waals surface area contributed by atoms with Gasteiger partial charge in [-0.05, 0) is 29.7 Å². The maximum absolute atomic E-state index is 12.3. The number of hydrogen-bond acceptors (Lipinski definition) is 3. The molecule has 2 aromatic rings. The van der Waals surface area contributed by atoms with Crippen molar-refractivity contribution >= 4 is 11.9 Å². The van der Waals surface area contributed by atoms with E-state index in [1.807, 2.05) is 42.5 Å². The van der Waals surface area contributed by atoms with Gasteiger partial charge in [-0.25, -0.2) is 0 Å². The van der Waals surface area contributed by atoms with Crippen LogP contribution in [0.1, 0.15) is 24.0 Å². The molecule has 1 aromatic heterocycles. The quantitative estimate of drug-likeness (QED) is 0.813. The average Bonchev–Trinajstić information content (AvgIpc) is 2.58. The first kappa shape index (κ1) is 16.7. The van der Waals surface area contributed by atoms with Crippen molar-refractivity contribution in [3.05, 3.63) is 66.0 Å². The van der Waals surface area contributed by atoms with Gasteiger partial charge in [-0.15, -0.1) is 0 Å². The Bertz CT molecular complexity index is 629. The van der Waals surface area contributed by atoms with Crippen LogP contribution in [0.4, 0.5) is 0 Å². The van der Waals surface area contributed by atoms with Gasteiger partial charge in [-0.1, -0.05) is 30.3 Å². The van der Waals surface area contributed by atoms with Crippen LogP contribution in [-0.2, 0) is 22.6 Å². The maximum Gasteiger partial charge on any atom is 0.303 e. The molecule has 0 aliphatic heterocycles. The molecule has 0 aliphatic rings. The molecule has 120 valence electrons. The number of nitrogens with zero attached hydrogens (tertiary/aromatic N) is 2. The van der Waals surface area contributed by atoms with Gasteiger partial charge in [-0.3, -0.25) is 14.6 Å². The number of carboxylic acids is 1. The smallest absolute Gasteiger partial charge is 0.303 e. The number of rotatable bonds is 8. The first-order valence-electron chi connectivity index (χ1n) is 7.57. The summed E-state index contributed by atoms with van der Waals surface area (Å²) in [7, 11) is 0. The van der Waals surface area contributed by atoms with Crippen LogP contribution in [0.5, 0.6) is 0 Å². The molecule has 0 atom stereocenters. The van der Waals surface area contributed by atoms with Crippen molar-refractivity contribution in [3.8, 4) is 0 Å². The Labute approximate surface area is 135 Å². The number of amides is 1. The molecule has 1 amide bonds. The first-order chi connectivity index (χ1) is 11.1. The molecular weight excluding hydrogens is 292 g/mol. The zero-order valence-corrected chi connectivity index (χ0v) is 12.9. The number of aromatic nitrogens is 1. The molecule has 0 saturated heterocycles. The van der Waals surface area contributed by atoms with Crippen LogP contribution >= 0.6 is 0 Å². The van der Waals surface area contributed by atoms with Crippen LogP contribution in [0.3, 0.4) is 0 Å². The van der Waals surface area contributed by atoms with E-state index in [9.17, 15) is 9.59 Å². The summed E-state index contributed by atoms with van der Waals surface area (Å²) in [6.07, 6.45) is 4.00. The fraction of sp³-hybridized carbons (Fsp3) is 0.278. The second-order valence-electron chi connectivity index (χ2n) is 5.30.